The van der Waals surface area contributed by atoms with E-state index in [1.165, 1.54) is 12.5 Å². The molecule has 0 aromatic heterocycles. The second kappa shape index (κ2) is 7.77. The molecule has 0 aromatic rings. The van der Waals surface area contributed by atoms with Gasteiger partial charge in [-0.15, -0.1) is 0 Å². The third kappa shape index (κ3) is 5.74. The summed E-state index contributed by atoms with van der Waals surface area (Å²) >= 11 is 0. The summed E-state index contributed by atoms with van der Waals surface area (Å²) in [4.78, 5) is 0. The van der Waals surface area contributed by atoms with Crippen molar-refractivity contribution in [3.8, 4) is 0 Å². The highest BCUT2D eigenvalue weighted by Crippen LogP contribution is 2.06. The maximum absolute atomic E-state index is 5.80. The SMILES string of the molecule is CCC[SiH](C)OC(CC)OCC. The first-order chi connectivity index (χ1) is 5.74. The van der Waals surface area contributed by atoms with Crippen molar-refractivity contribution in [3.05, 3.63) is 0 Å². The molecule has 0 aliphatic heterocycles. The van der Waals surface area contributed by atoms with Crippen molar-refractivity contribution >= 4 is 9.04 Å². The van der Waals surface area contributed by atoms with Crippen molar-refractivity contribution < 1.29 is 9.16 Å². The molecule has 0 heterocycles. The molecule has 0 saturated carbocycles. The first kappa shape index (κ1) is 12.1. The molecule has 0 bridgehead atoms. The van der Waals surface area contributed by atoms with Gasteiger partial charge in [-0.05, 0) is 25.9 Å². The Morgan fingerprint density at radius 2 is 1.92 bits per heavy atom. The molecule has 0 spiro atoms. The van der Waals surface area contributed by atoms with Gasteiger partial charge in [0.25, 0.3) is 0 Å². The van der Waals surface area contributed by atoms with Gasteiger partial charge in [-0.3, -0.25) is 0 Å². The number of ether oxygens (including phenoxy) is 1. The fourth-order valence-corrected chi connectivity index (χ4v) is 2.91. The summed E-state index contributed by atoms with van der Waals surface area (Å²) in [5, 5.41) is 0. The van der Waals surface area contributed by atoms with Crippen molar-refractivity contribution in [1.82, 2.24) is 0 Å². The summed E-state index contributed by atoms with van der Waals surface area (Å²) < 4.78 is 11.2. The van der Waals surface area contributed by atoms with Crippen LogP contribution in [0.3, 0.4) is 0 Å². The van der Waals surface area contributed by atoms with E-state index in [2.05, 4.69) is 20.4 Å². The van der Waals surface area contributed by atoms with Crippen LogP contribution in [0.15, 0.2) is 0 Å². The second-order valence-electron chi connectivity index (χ2n) is 3.03. The lowest BCUT2D eigenvalue weighted by Gasteiger charge is -2.20. The molecule has 0 radical (unpaired) electrons. The zero-order valence-corrected chi connectivity index (χ0v) is 9.95. The van der Waals surface area contributed by atoms with Gasteiger partial charge in [0, 0.05) is 6.61 Å². The molecule has 0 fully saturated rings. The monoisotopic (exact) mass is 190 g/mol. The standard InChI is InChI=1S/C9H22O2Si/c1-5-8-12(4)11-9(6-2)10-7-3/h9,12H,5-8H2,1-4H3. The van der Waals surface area contributed by atoms with Crippen LogP contribution < -0.4 is 0 Å². The van der Waals surface area contributed by atoms with Crippen LogP contribution in [0.5, 0.6) is 0 Å². The minimum atomic E-state index is -0.934. The van der Waals surface area contributed by atoms with Crippen LogP contribution >= 0.6 is 0 Å². The Morgan fingerprint density at radius 1 is 1.25 bits per heavy atom. The number of hydrogen-bond acceptors (Lipinski definition) is 2. The smallest absolute Gasteiger partial charge is 0.177 e. The van der Waals surface area contributed by atoms with Crippen molar-refractivity contribution in [2.45, 2.75) is 52.5 Å². The molecule has 0 aliphatic rings. The van der Waals surface area contributed by atoms with Crippen LogP contribution in [0.1, 0.15) is 33.6 Å². The Bertz CT molecular complexity index is 98.5. The summed E-state index contributed by atoms with van der Waals surface area (Å²) in [5.74, 6) is 0. The molecule has 0 aromatic carbocycles. The van der Waals surface area contributed by atoms with Crippen LogP contribution in [0.2, 0.25) is 12.6 Å². The van der Waals surface area contributed by atoms with Crippen molar-refractivity contribution in [3.63, 3.8) is 0 Å². The second-order valence-corrected chi connectivity index (χ2v) is 5.50. The first-order valence-electron chi connectivity index (χ1n) is 5.01. The normalized spacial score (nSPS) is 16.0. The van der Waals surface area contributed by atoms with Gasteiger partial charge < -0.3 is 9.16 Å². The maximum Gasteiger partial charge on any atom is 0.177 e. The molecule has 0 rings (SSSR count). The zero-order chi connectivity index (χ0) is 9.40. The summed E-state index contributed by atoms with van der Waals surface area (Å²) in [7, 11) is -0.934. The van der Waals surface area contributed by atoms with Crippen LogP contribution in [0.25, 0.3) is 0 Å². The molecule has 3 heteroatoms. The highest BCUT2D eigenvalue weighted by Gasteiger charge is 2.11. The molecule has 74 valence electrons. The van der Waals surface area contributed by atoms with E-state index in [4.69, 9.17) is 9.16 Å². The first-order valence-corrected chi connectivity index (χ1v) is 7.45. The molecular formula is C9H22O2Si. The fourth-order valence-electron chi connectivity index (χ4n) is 1.17. The lowest BCUT2D eigenvalue weighted by atomic mass is 10.5. The minimum Gasteiger partial charge on any atom is -0.396 e. The van der Waals surface area contributed by atoms with Crippen LogP contribution in [0.4, 0.5) is 0 Å². The fraction of sp³-hybridized carbons (Fsp3) is 1.00. The van der Waals surface area contributed by atoms with Gasteiger partial charge in [-0.2, -0.15) is 0 Å². The third-order valence-corrected chi connectivity index (χ3v) is 3.92. The van der Waals surface area contributed by atoms with E-state index in [0.29, 0.717) is 0 Å². The lowest BCUT2D eigenvalue weighted by Crippen LogP contribution is -2.24. The van der Waals surface area contributed by atoms with Crippen molar-refractivity contribution in [2.75, 3.05) is 6.61 Å². The van der Waals surface area contributed by atoms with Gasteiger partial charge in [-0.1, -0.05) is 20.3 Å². The Hall–Kier alpha value is 0.137. The topological polar surface area (TPSA) is 18.5 Å². The molecular weight excluding hydrogens is 168 g/mol. The number of hydrogen-bond donors (Lipinski definition) is 0. The van der Waals surface area contributed by atoms with Crippen molar-refractivity contribution in [1.29, 1.82) is 0 Å². The Kier molecular flexibility index (Phi) is 7.86. The average Bonchev–Trinajstić information content (AvgIpc) is 2.04. The molecule has 2 unspecified atom stereocenters. The highest BCUT2D eigenvalue weighted by molar-refractivity contribution is 6.50. The summed E-state index contributed by atoms with van der Waals surface area (Å²) in [6.45, 7) is 9.32. The Labute approximate surface area is 78.0 Å². The summed E-state index contributed by atoms with van der Waals surface area (Å²) in [6.07, 6.45) is 2.26. The largest absolute Gasteiger partial charge is 0.396 e. The van der Waals surface area contributed by atoms with Crippen LogP contribution in [0, 0.1) is 0 Å². The molecule has 0 saturated heterocycles. The van der Waals surface area contributed by atoms with Gasteiger partial charge in [0.05, 0.1) is 0 Å². The third-order valence-electron chi connectivity index (χ3n) is 1.77. The predicted octanol–water partition coefficient (Wildman–Crippen LogP) is 2.54. The van der Waals surface area contributed by atoms with Crippen LogP contribution in [-0.2, 0) is 9.16 Å². The van der Waals surface area contributed by atoms with E-state index >= 15 is 0 Å². The van der Waals surface area contributed by atoms with Gasteiger partial charge in [0.2, 0.25) is 0 Å². The van der Waals surface area contributed by atoms with Gasteiger partial charge >= 0.3 is 0 Å². The summed E-state index contributed by atoms with van der Waals surface area (Å²) in [5.41, 5.74) is 0. The van der Waals surface area contributed by atoms with E-state index in [-0.39, 0.29) is 6.29 Å². The van der Waals surface area contributed by atoms with E-state index in [1.807, 2.05) is 6.92 Å². The zero-order valence-electron chi connectivity index (χ0n) is 8.80. The molecule has 12 heavy (non-hydrogen) atoms. The van der Waals surface area contributed by atoms with E-state index in [1.54, 1.807) is 0 Å². The molecule has 2 atom stereocenters. The maximum atomic E-state index is 5.80. The molecule has 0 aliphatic carbocycles. The quantitative estimate of drug-likeness (QED) is 0.454. The highest BCUT2D eigenvalue weighted by atomic mass is 28.3. The Balaban J connectivity index is 3.53. The van der Waals surface area contributed by atoms with Gasteiger partial charge in [0.15, 0.2) is 9.04 Å². The molecule has 0 amide bonds. The van der Waals surface area contributed by atoms with E-state index in [0.717, 1.165) is 13.0 Å². The summed E-state index contributed by atoms with van der Waals surface area (Å²) in [6, 6.07) is 1.25. The van der Waals surface area contributed by atoms with E-state index < -0.39 is 9.04 Å². The minimum absolute atomic E-state index is 0.0585. The lowest BCUT2D eigenvalue weighted by molar-refractivity contribution is -0.0792. The number of rotatable bonds is 7. The molecule has 0 N–H and O–H groups in total. The van der Waals surface area contributed by atoms with Gasteiger partial charge in [0.1, 0.15) is 6.29 Å². The van der Waals surface area contributed by atoms with Crippen LogP contribution in [-0.4, -0.2) is 21.9 Å². The van der Waals surface area contributed by atoms with E-state index in [9.17, 15) is 0 Å². The average molecular weight is 190 g/mol. The van der Waals surface area contributed by atoms with Gasteiger partial charge in [-0.25, -0.2) is 0 Å². The Morgan fingerprint density at radius 3 is 2.33 bits per heavy atom. The predicted molar refractivity (Wildman–Crippen MR) is 54.9 cm³/mol. The van der Waals surface area contributed by atoms with Crippen molar-refractivity contribution in [2.24, 2.45) is 0 Å². The molecule has 2 nitrogen and oxygen atoms in total.